The molecule has 21 heavy (non-hydrogen) atoms. The average Bonchev–Trinajstić information content (AvgIpc) is 2.48. The number of benzene rings is 2. The summed E-state index contributed by atoms with van der Waals surface area (Å²) in [5.74, 6) is 0.384. The van der Waals surface area contributed by atoms with Crippen molar-refractivity contribution in [2.75, 3.05) is 18.5 Å². The summed E-state index contributed by atoms with van der Waals surface area (Å²) in [6.07, 6.45) is 0. The minimum Gasteiger partial charge on any atom is -0.486 e. The summed E-state index contributed by atoms with van der Waals surface area (Å²) in [6, 6.07) is 6.95. The van der Waals surface area contributed by atoms with Gasteiger partial charge in [-0.3, -0.25) is 0 Å². The van der Waals surface area contributed by atoms with E-state index in [2.05, 4.69) is 21.2 Å². The van der Waals surface area contributed by atoms with Crippen LogP contribution in [0.25, 0.3) is 0 Å². The van der Waals surface area contributed by atoms with Gasteiger partial charge in [0, 0.05) is 28.7 Å². The van der Waals surface area contributed by atoms with E-state index in [0.717, 1.165) is 22.3 Å². The van der Waals surface area contributed by atoms with Gasteiger partial charge in [0.2, 0.25) is 0 Å². The molecule has 2 aromatic carbocycles. The van der Waals surface area contributed by atoms with Gasteiger partial charge in [0.05, 0.1) is 5.69 Å². The zero-order chi connectivity index (χ0) is 14.8. The fourth-order valence-electron chi connectivity index (χ4n) is 2.07. The number of hydrogen-bond acceptors (Lipinski definition) is 3. The number of rotatable bonds is 3. The van der Waals surface area contributed by atoms with Crippen molar-refractivity contribution in [3.05, 3.63) is 52.0 Å². The van der Waals surface area contributed by atoms with Crippen LogP contribution in [0, 0.1) is 11.6 Å². The Morgan fingerprint density at radius 1 is 1.05 bits per heavy atom. The molecule has 110 valence electrons. The van der Waals surface area contributed by atoms with Crippen LogP contribution in [0.2, 0.25) is 0 Å². The molecule has 0 aliphatic carbocycles. The number of ether oxygens (including phenoxy) is 2. The summed E-state index contributed by atoms with van der Waals surface area (Å²) in [5.41, 5.74) is 0.986. The van der Waals surface area contributed by atoms with E-state index in [1.54, 1.807) is 12.1 Å². The Morgan fingerprint density at radius 2 is 1.76 bits per heavy atom. The van der Waals surface area contributed by atoms with Gasteiger partial charge in [-0.2, -0.15) is 0 Å². The lowest BCUT2D eigenvalue weighted by molar-refractivity contribution is 0.171. The maximum Gasteiger partial charge on any atom is 0.163 e. The summed E-state index contributed by atoms with van der Waals surface area (Å²) < 4.78 is 38.4. The van der Waals surface area contributed by atoms with Crippen molar-refractivity contribution in [2.45, 2.75) is 6.54 Å². The van der Waals surface area contributed by atoms with Crippen LogP contribution in [-0.2, 0) is 6.54 Å². The molecule has 3 nitrogen and oxygen atoms in total. The van der Waals surface area contributed by atoms with E-state index >= 15 is 0 Å². The van der Waals surface area contributed by atoms with E-state index in [1.165, 1.54) is 6.07 Å². The van der Waals surface area contributed by atoms with Gasteiger partial charge >= 0.3 is 0 Å². The zero-order valence-corrected chi connectivity index (χ0v) is 12.5. The summed E-state index contributed by atoms with van der Waals surface area (Å²) in [5, 5.41) is 3.06. The maximum absolute atomic E-state index is 13.6. The summed E-state index contributed by atoms with van der Waals surface area (Å²) >= 11 is 3.42. The molecule has 2 aromatic rings. The van der Waals surface area contributed by atoms with Gasteiger partial charge in [-0.1, -0.05) is 0 Å². The monoisotopic (exact) mass is 355 g/mol. The molecule has 0 atom stereocenters. The molecule has 0 spiro atoms. The molecule has 3 rings (SSSR count). The molecule has 0 bridgehead atoms. The highest BCUT2D eigenvalue weighted by atomic mass is 79.9. The molecule has 0 saturated heterocycles. The van der Waals surface area contributed by atoms with Crippen LogP contribution in [-0.4, -0.2) is 13.2 Å². The fraction of sp³-hybridized carbons (Fsp3) is 0.200. The van der Waals surface area contributed by atoms with Crippen LogP contribution >= 0.6 is 15.9 Å². The minimum absolute atomic E-state index is 0.168. The lowest BCUT2D eigenvalue weighted by Crippen LogP contribution is -2.15. The van der Waals surface area contributed by atoms with Crippen molar-refractivity contribution in [3.8, 4) is 11.5 Å². The van der Waals surface area contributed by atoms with Crippen molar-refractivity contribution < 1.29 is 18.3 Å². The minimum atomic E-state index is -0.463. The van der Waals surface area contributed by atoms with Crippen LogP contribution in [0.3, 0.4) is 0 Å². The summed E-state index contributed by atoms with van der Waals surface area (Å²) in [6.45, 7) is 1.18. The number of halogens is 3. The van der Waals surface area contributed by atoms with Crippen LogP contribution in [0.15, 0.2) is 34.8 Å². The number of anilines is 1. The van der Waals surface area contributed by atoms with Gasteiger partial charge in [0.15, 0.2) is 11.5 Å². The second-order valence-electron chi connectivity index (χ2n) is 4.56. The number of fused-ring (bicyclic) bond motifs is 1. The van der Waals surface area contributed by atoms with Crippen LogP contribution < -0.4 is 14.8 Å². The third-order valence-electron chi connectivity index (χ3n) is 3.11. The van der Waals surface area contributed by atoms with Crippen molar-refractivity contribution in [1.82, 2.24) is 0 Å². The van der Waals surface area contributed by atoms with Crippen molar-refractivity contribution in [3.63, 3.8) is 0 Å². The quantitative estimate of drug-likeness (QED) is 0.898. The second-order valence-corrected chi connectivity index (χ2v) is 5.42. The number of nitrogens with one attached hydrogen (secondary N) is 1. The van der Waals surface area contributed by atoms with Gasteiger partial charge in [0.1, 0.15) is 24.8 Å². The molecule has 0 radical (unpaired) electrons. The molecule has 0 saturated carbocycles. The Labute approximate surface area is 129 Å². The predicted molar refractivity (Wildman–Crippen MR) is 78.8 cm³/mol. The maximum atomic E-state index is 13.6. The third-order valence-corrected chi connectivity index (χ3v) is 3.77. The third kappa shape index (κ3) is 3.10. The van der Waals surface area contributed by atoms with E-state index in [1.807, 2.05) is 0 Å². The molecular weight excluding hydrogens is 344 g/mol. The normalized spacial score (nSPS) is 13.1. The van der Waals surface area contributed by atoms with Crippen LogP contribution in [0.4, 0.5) is 14.5 Å². The molecular formula is C15H12BrF2NO2. The lowest BCUT2D eigenvalue weighted by atomic mass is 10.2. The molecule has 0 fully saturated rings. The highest BCUT2D eigenvalue weighted by molar-refractivity contribution is 9.10. The highest BCUT2D eigenvalue weighted by Gasteiger charge is 2.15. The Bertz CT molecular complexity index is 679. The SMILES string of the molecule is Fc1ccc(F)c(CNc2cc3c(cc2Br)OCCO3)c1. The first-order chi connectivity index (χ1) is 10.1. The molecule has 1 heterocycles. The van der Waals surface area contributed by atoms with E-state index in [0.29, 0.717) is 24.7 Å². The van der Waals surface area contributed by atoms with Gasteiger partial charge in [-0.25, -0.2) is 8.78 Å². The van der Waals surface area contributed by atoms with Crippen LogP contribution in [0.1, 0.15) is 5.56 Å². The lowest BCUT2D eigenvalue weighted by Gasteiger charge is -2.20. The first-order valence-electron chi connectivity index (χ1n) is 6.40. The van der Waals surface area contributed by atoms with Gasteiger partial charge in [-0.05, 0) is 34.1 Å². The highest BCUT2D eigenvalue weighted by Crippen LogP contribution is 2.38. The molecule has 1 N–H and O–H groups in total. The summed E-state index contributed by atoms with van der Waals surface area (Å²) in [7, 11) is 0. The number of hydrogen-bond donors (Lipinski definition) is 1. The summed E-state index contributed by atoms with van der Waals surface area (Å²) in [4.78, 5) is 0. The molecule has 1 aliphatic rings. The van der Waals surface area contributed by atoms with E-state index in [4.69, 9.17) is 9.47 Å². The van der Waals surface area contributed by atoms with Crippen LogP contribution in [0.5, 0.6) is 11.5 Å². The Balaban J connectivity index is 1.80. The molecule has 0 amide bonds. The van der Waals surface area contributed by atoms with Gasteiger partial charge in [-0.15, -0.1) is 0 Å². The molecule has 1 aliphatic heterocycles. The predicted octanol–water partition coefficient (Wildman–Crippen LogP) is 4.11. The van der Waals surface area contributed by atoms with Crippen molar-refractivity contribution in [2.24, 2.45) is 0 Å². The molecule has 6 heteroatoms. The standard InChI is InChI=1S/C15H12BrF2NO2/c16-11-6-14-15(21-4-3-20-14)7-13(11)19-8-9-5-10(17)1-2-12(9)18/h1-2,5-7,19H,3-4,8H2. The van der Waals surface area contributed by atoms with Crippen molar-refractivity contribution in [1.29, 1.82) is 0 Å². The first-order valence-corrected chi connectivity index (χ1v) is 7.20. The smallest absolute Gasteiger partial charge is 0.163 e. The van der Waals surface area contributed by atoms with Gasteiger partial charge < -0.3 is 14.8 Å². The second kappa shape index (κ2) is 5.89. The van der Waals surface area contributed by atoms with Gasteiger partial charge in [0.25, 0.3) is 0 Å². The van der Waals surface area contributed by atoms with E-state index < -0.39 is 11.6 Å². The van der Waals surface area contributed by atoms with E-state index in [-0.39, 0.29) is 12.1 Å². The topological polar surface area (TPSA) is 30.5 Å². The molecule has 0 aromatic heterocycles. The Morgan fingerprint density at radius 3 is 2.52 bits per heavy atom. The average molecular weight is 356 g/mol. The Hall–Kier alpha value is -1.82. The van der Waals surface area contributed by atoms with E-state index in [9.17, 15) is 8.78 Å². The largest absolute Gasteiger partial charge is 0.486 e. The fourth-order valence-corrected chi connectivity index (χ4v) is 2.53. The first kappa shape index (κ1) is 14.1. The molecule has 0 unspecified atom stereocenters. The zero-order valence-electron chi connectivity index (χ0n) is 11.0. The Kier molecular flexibility index (Phi) is 3.96. The van der Waals surface area contributed by atoms with Crippen molar-refractivity contribution >= 4 is 21.6 Å².